The van der Waals surface area contributed by atoms with Crippen LogP contribution in [-0.2, 0) is 11.2 Å². The van der Waals surface area contributed by atoms with Crippen LogP contribution in [0.1, 0.15) is 5.82 Å². The Morgan fingerprint density at radius 1 is 1.04 bits per heavy atom. The molecule has 0 radical (unpaired) electrons. The maximum absolute atomic E-state index is 12.0. The largest absolute Gasteiger partial charge is 0.355 e. The van der Waals surface area contributed by atoms with Crippen molar-refractivity contribution in [3.05, 3.63) is 60.4 Å². The summed E-state index contributed by atoms with van der Waals surface area (Å²) in [5, 5.41) is 10.5. The fourth-order valence-corrected chi connectivity index (χ4v) is 3.29. The Hall–Kier alpha value is -3.13. The third-order valence-corrected chi connectivity index (χ3v) is 4.81. The van der Waals surface area contributed by atoms with E-state index in [-0.39, 0.29) is 11.7 Å². The van der Waals surface area contributed by atoms with Crippen LogP contribution in [0.4, 0.5) is 0 Å². The van der Waals surface area contributed by atoms with Gasteiger partial charge in [-0.1, -0.05) is 54.2 Å². The van der Waals surface area contributed by atoms with Crippen LogP contribution in [0.2, 0.25) is 0 Å². The van der Waals surface area contributed by atoms with Crippen LogP contribution in [0, 0.1) is 0 Å². The van der Waals surface area contributed by atoms with Crippen LogP contribution >= 0.6 is 11.8 Å². The zero-order valence-corrected chi connectivity index (χ0v) is 15.3. The van der Waals surface area contributed by atoms with Gasteiger partial charge in [0, 0.05) is 18.5 Å². The van der Waals surface area contributed by atoms with Gasteiger partial charge in [-0.05, 0) is 12.1 Å². The van der Waals surface area contributed by atoms with Gasteiger partial charge in [0.05, 0.1) is 16.8 Å². The van der Waals surface area contributed by atoms with Crippen LogP contribution in [0.25, 0.3) is 22.4 Å². The number of carbonyl (C=O) groups excluding carboxylic acids is 1. The number of hydrogen-bond donors (Lipinski definition) is 3. The van der Waals surface area contributed by atoms with E-state index in [2.05, 4.69) is 30.5 Å². The van der Waals surface area contributed by atoms with Crippen molar-refractivity contribution in [2.24, 2.45) is 0 Å². The van der Waals surface area contributed by atoms with E-state index in [4.69, 9.17) is 0 Å². The first-order valence-corrected chi connectivity index (χ1v) is 9.57. The van der Waals surface area contributed by atoms with E-state index in [0.717, 1.165) is 22.4 Å². The predicted octanol–water partition coefficient (Wildman–Crippen LogP) is 2.80. The zero-order valence-electron chi connectivity index (χ0n) is 14.5. The number of nitrogens with zero attached hydrogens (tertiary/aromatic N) is 3. The summed E-state index contributed by atoms with van der Waals surface area (Å²) in [6, 6.07) is 17.6. The Morgan fingerprint density at radius 2 is 1.85 bits per heavy atom. The molecule has 0 saturated carbocycles. The highest BCUT2D eigenvalue weighted by molar-refractivity contribution is 7.99. The van der Waals surface area contributed by atoms with Gasteiger partial charge in [-0.15, -0.1) is 5.10 Å². The molecule has 4 aromatic rings. The number of carbonyl (C=O) groups is 1. The highest BCUT2D eigenvalue weighted by Gasteiger charge is 2.09. The molecule has 0 aliphatic carbocycles. The fourth-order valence-electron chi connectivity index (χ4n) is 2.66. The molecule has 0 unspecified atom stereocenters. The summed E-state index contributed by atoms with van der Waals surface area (Å²) < 4.78 is 0. The standard InChI is InChI=1S/C19H18N6OS/c26-17(20-11-10-16-21-14-8-4-5-9-15(14)22-16)12-27-19-23-18(24-25-19)13-6-2-1-3-7-13/h1-9H,10-12H2,(H,20,26)(H,21,22)(H,23,24,25). The SMILES string of the molecule is O=C(CSc1n[nH]c(-c2ccccc2)n1)NCCc1nc2ccccc2[nH]1. The summed E-state index contributed by atoms with van der Waals surface area (Å²) in [5.41, 5.74) is 2.91. The van der Waals surface area contributed by atoms with Gasteiger partial charge in [-0.2, -0.15) is 0 Å². The molecular weight excluding hydrogens is 360 g/mol. The number of hydrogen-bond acceptors (Lipinski definition) is 5. The van der Waals surface area contributed by atoms with E-state index < -0.39 is 0 Å². The molecule has 0 fully saturated rings. The Morgan fingerprint density at radius 3 is 2.70 bits per heavy atom. The summed E-state index contributed by atoms with van der Waals surface area (Å²) >= 11 is 1.31. The first-order valence-electron chi connectivity index (χ1n) is 8.59. The summed E-state index contributed by atoms with van der Waals surface area (Å²) in [7, 11) is 0. The molecule has 27 heavy (non-hydrogen) atoms. The number of imidazole rings is 1. The first-order chi connectivity index (χ1) is 13.3. The van der Waals surface area contributed by atoms with Crippen molar-refractivity contribution < 1.29 is 4.79 Å². The van der Waals surface area contributed by atoms with Gasteiger partial charge in [0.2, 0.25) is 11.1 Å². The minimum atomic E-state index is -0.0535. The van der Waals surface area contributed by atoms with E-state index in [1.807, 2.05) is 54.6 Å². The fraction of sp³-hybridized carbons (Fsp3) is 0.158. The highest BCUT2D eigenvalue weighted by Crippen LogP contribution is 2.18. The second-order valence-corrected chi connectivity index (χ2v) is 6.86. The number of aromatic nitrogens is 5. The van der Waals surface area contributed by atoms with Crippen LogP contribution in [0.5, 0.6) is 0 Å². The Bertz CT molecular complexity index is 1010. The summed E-state index contributed by atoms with van der Waals surface area (Å²) in [6.07, 6.45) is 0.657. The van der Waals surface area contributed by atoms with Crippen molar-refractivity contribution in [1.82, 2.24) is 30.5 Å². The molecule has 136 valence electrons. The Kier molecular flexibility index (Phi) is 5.15. The number of thioether (sulfide) groups is 1. The van der Waals surface area contributed by atoms with Gasteiger partial charge in [0.1, 0.15) is 5.82 Å². The van der Waals surface area contributed by atoms with E-state index in [1.165, 1.54) is 11.8 Å². The lowest BCUT2D eigenvalue weighted by atomic mass is 10.2. The maximum Gasteiger partial charge on any atom is 0.230 e. The van der Waals surface area contributed by atoms with Gasteiger partial charge in [0.15, 0.2) is 5.82 Å². The van der Waals surface area contributed by atoms with Gasteiger partial charge >= 0.3 is 0 Å². The smallest absolute Gasteiger partial charge is 0.230 e. The van der Waals surface area contributed by atoms with Crippen molar-refractivity contribution >= 4 is 28.7 Å². The number of benzene rings is 2. The van der Waals surface area contributed by atoms with Gasteiger partial charge in [-0.3, -0.25) is 9.89 Å². The minimum absolute atomic E-state index is 0.0535. The number of nitrogens with one attached hydrogen (secondary N) is 3. The van der Waals surface area contributed by atoms with Crippen LogP contribution in [0.3, 0.4) is 0 Å². The molecule has 2 aromatic heterocycles. The average molecular weight is 378 g/mol. The van der Waals surface area contributed by atoms with Crippen molar-refractivity contribution in [3.8, 4) is 11.4 Å². The highest BCUT2D eigenvalue weighted by atomic mass is 32.2. The average Bonchev–Trinajstić information content (AvgIpc) is 3.34. The normalized spacial score (nSPS) is 11.0. The van der Waals surface area contributed by atoms with Crippen molar-refractivity contribution in [2.75, 3.05) is 12.3 Å². The molecule has 0 aliphatic heterocycles. The number of H-pyrrole nitrogens is 2. The second-order valence-electron chi connectivity index (χ2n) is 5.92. The quantitative estimate of drug-likeness (QED) is 0.430. The first kappa shape index (κ1) is 17.3. The van der Waals surface area contributed by atoms with Gasteiger partial charge in [-0.25, -0.2) is 9.97 Å². The topological polar surface area (TPSA) is 99.3 Å². The lowest BCUT2D eigenvalue weighted by Crippen LogP contribution is -2.27. The molecule has 1 amide bonds. The number of para-hydroxylation sites is 2. The van der Waals surface area contributed by atoms with Crippen molar-refractivity contribution in [2.45, 2.75) is 11.6 Å². The summed E-state index contributed by atoms with van der Waals surface area (Å²) in [4.78, 5) is 24.2. The van der Waals surface area contributed by atoms with Crippen LogP contribution in [0.15, 0.2) is 59.8 Å². The number of aromatic amines is 2. The molecule has 7 nitrogen and oxygen atoms in total. The predicted molar refractivity (Wildman–Crippen MR) is 105 cm³/mol. The molecule has 3 N–H and O–H groups in total. The van der Waals surface area contributed by atoms with Crippen molar-refractivity contribution in [3.63, 3.8) is 0 Å². The molecule has 0 aliphatic rings. The Balaban J connectivity index is 1.23. The van der Waals surface area contributed by atoms with E-state index in [0.29, 0.717) is 23.9 Å². The third kappa shape index (κ3) is 4.35. The van der Waals surface area contributed by atoms with Crippen LogP contribution in [-0.4, -0.2) is 43.4 Å². The molecule has 0 bridgehead atoms. The monoisotopic (exact) mass is 378 g/mol. The molecular formula is C19H18N6OS. The van der Waals surface area contributed by atoms with E-state index in [1.54, 1.807) is 0 Å². The van der Waals surface area contributed by atoms with E-state index in [9.17, 15) is 4.79 Å². The molecule has 0 atom stereocenters. The lowest BCUT2D eigenvalue weighted by Gasteiger charge is -2.02. The molecule has 8 heteroatoms. The van der Waals surface area contributed by atoms with E-state index >= 15 is 0 Å². The second kappa shape index (κ2) is 8.05. The third-order valence-electron chi connectivity index (χ3n) is 3.97. The molecule has 4 rings (SSSR count). The van der Waals surface area contributed by atoms with Gasteiger partial charge in [0.25, 0.3) is 0 Å². The molecule has 0 saturated heterocycles. The summed E-state index contributed by atoms with van der Waals surface area (Å²) in [6.45, 7) is 0.530. The Labute approximate surface area is 160 Å². The summed E-state index contributed by atoms with van der Waals surface area (Å²) in [5.74, 6) is 1.78. The van der Waals surface area contributed by atoms with Crippen molar-refractivity contribution in [1.29, 1.82) is 0 Å². The number of rotatable bonds is 7. The number of amides is 1. The lowest BCUT2D eigenvalue weighted by molar-refractivity contribution is -0.118. The zero-order chi connectivity index (χ0) is 18.5. The minimum Gasteiger partial charge on any atom is -0.355 e. The van der Waals surface area contributed by atoms with Gasteiger partial charge < -0.3 is 10.3 Å². The van der Waals surface area contributed by atoms with Crippen LogP contribution < -0.4 is 5.32 Å². The maximum atomic E-state index is 12.0. The molecule has 2 aromatic carbocycles. The molecule has 0 spiro atoms. The number of fused-ring (bicyclic) bond motifs is 1. The molecule has 2 heterocycles.